The summed E-state index contributed by atoms with van der Waals surface area (Å²) >= 11 is 0. The second kappa shape index (κ2) is 5.93. The van der Waals surface area contributed by atoms with E-state index >= 15 is 0 Å². The van der Waals surface area contributed by atoms with Crippen molar-refractivity contribution in [3.8, 4) is 0 Å². The Morgan fingerprint density at radius 1 is 0.913 bits per heavy atom. The molecule has 0 spiro atoms. The number of carboxylic acids is 1. The van der Waals surface area contributed by atoms with E-state index in [2.05, 4.69) is 5.32 Å². The summed E-state index contributed by atoms with van der Waals surface area (Å²) in [5.74, 6) is -1.27. The van der Waals surface area contributed by atoms with Gasteiger partial charge in [-0.25, -0.2) is 4.79 Å². The number of amides is 1. The maximum absolute atomic E-state index is 12.4. The lowest BCUT2D eigenvalue weighted by Gasteiger charge is -2.11. The number of carbonyl (C=O) groups is 2. The summed E-state index contributed by atoms with van der Waals surface area (Å²) in [6, 6.07) is 18.1. The molecule has 0 fully saturated rings. The fraction of sp³-hybridized carbons (Fsp3) is 0.0526. The molecule has 0 atom stereocenters. The van der Waals surface area contributed by atoms with Crippen LogP contribution in [-0.4, -0.2) is 17.0 Å². The third-order valence-corrected chi connectivity index (χ3v) is 3.82. The van der Waals surface area contributed by atoms with Crippen molar-refractivity contribution in [1.29, 1.82) is 0 Å². The fourth-order valence-corrected chi connectivity index (χ4v) is 2.53. The third kappa shape index (κ3) is 2.92. The van der Waals surface area contributed by atoms with E-state index in [4.69, 9.17) is 5.11 Å². The quantitative estimate of drug-likeness (QED) is 0.765. The van der Waals surface area contributed by atoms with Crippen LogP contribution in [0, 0.1) is 6.92 Å². The Morgan fingerprint density at radius 2 is 1.65 bits per heavy atom. The maximum atomic E-state index is 12.4. The number of fused-ring (bicyclic) bond motifs is 1. The number of carbonyl (C=O) groups excluding carboxylic acids is 1. The van der Waals surface area contributed by atoms with E-state index in [1.165, 1.54) is 6.07 Å². The van der Waals surface area contributed by atoms with Crippen LogP contribution in [0.2, 0.25) is 0 Å². The minimum Gasteiger partial charge on any atom is -0.478 e. The highest BCUT2D eigenvalue weighted by Crippen LogP contribution is 2.21. The van der Waals surface area contributed by atoms with E-state index in [0.717, 1.165) is 10.8 Å². The molecule has 23 heavy (non-hydrogen) atoms. The van der Waals surface area contributed by atoms with Gasteiger partial charge in [0.15, 0.2) is 0 Å². The zero-order valence-electron chi connectivity index (χ0n) is 12.5. The number of carboxylic acid groups (broad SMARTS) is 1. The summed E-state index contributed by atoms with van der Waals surface area (Å²) in [4.78, 5) is 23.6. The predicted octanol–water partition coefficient (Wildman–Crippen LogP) is 4.10. The van der Waals surface area contributed by atoms with Gasteiger partial charge >= 0.3 is 5.97 Å². The molecule has 0 saturated carbocycles. The lowest BCUT2D eigenvalue weighted by Crippen LogP contribution is -2.14. The Balaban J connectivity index is 1.92. The molecule has 3 aromatic carbocycles. The topological polar surface area (TPSA) is 66.4 Å². The van der Waals surface area contributed by atoms with Gasteiger partial charge in [-0.05, 0) is 47.5 Å². The molecule has 2 N–H and O–H groups in total. The van der Waals surface area contributed by atoms with Crippen molar-refractivity contribution in [2.75, 3.05) is 5.32 Å². The molecule has 4 nitrogen and oxygen atoms in total. The smallest absolute Gasteiger partial charge is 0.336 e. The van der Waals surface area contributed by atoms with Crippen LogP contribution in [0.1, 0.15) is 26.3 Å². The van der Waals surface area contributed by atoms with Gasteiger partial charge in [0, 0.05) is 11.3 Å². The molecule has 0 radical (unpaired) electrons. The first-order chi connectivity index (χ1) is 11.1. The number of nitrogens with one attached hydrogen (secondary N) is 1. The Labute approximate surface area is 133 Å². The van der Waals surface area contributed by atoms with Gasteiger partial charge in [-0.2, -0.15) is 0 Å². The molecule has 0 heterocycles. The highest BCUT2D eigenvalue weighted by Gasteiger charge is 2.13. The molecule has 0 aromatic heterocycles. The second-order valence-corrected chi connectivity index (χ2v) is 5.30. The van der Waals surface area contributed by atoms with Crippen LogP contribution < -0.4 is 5.32 Å². The largest absolute Gasteiger partial charge is 0.478 e. The van der Waals surface area contributed by atoms with Gasteiger partial charge in [-0.15, -0.1) is 0 Å². The number of hydrogen-bond donors (Lipinski definition) is 2. The van der Waals surface area contributed by atoms with Gasteiger partial charge < -0.3 is 10.4 Å². The van der Waals surface area contributed by atoms with Crippen molar-refractivity contribution >= 4 is 28.3 Å². The van der Waals surface area contributed by atoms with Crippen molar-refractivity contribution in [3.05, 3.63) is 77.4 Å². The average Bonchev–Trinajstić information content (AvgIpc) is 2.56. The molecule has 0 saturated heterocycles. The summed E-state index contributed by atoms with van der Waals surface area (Å²) in [7, 11) is 0. The first kappa shape index (κ1) is 14.8. The zero-order chi connectivity index (χ0) is 16.4. The number of rotatable bonds is 3. The van der Waals surface area contributed by atoms with Crippen molar-refractivity contribution in [1.82, 2.24) is 0 Å². The number of aromatic carboxylic acids is 1. The summed E-state index contributed by atoms with van der Waals surface area (Å²) < 4.78 is 0. The monoisotopic (exact) mass is 305 g/mol. The Morgan fingerprint density at radius 3 is 2.39 bits per heavy atom. The molecule has 3 rings (SSSR count). The van der Waals surface area contributed by atoms with Crippen LogP contribution in [0.15, 0.2) is 60.7 Å². The van der Waals surface area contributed by atoms with Gasteiger partial charge in [0.2, 0.25) is 0 Å². The van der Waals surface area contributed by atoms with Crippen LogP contribution in [0.4, 0.5) is 5.69 Å². The maximum Gasteiger partial charge on any atom is 0.336 e. The Bertz CT molecular complexity index is 915. The lowest BCUT2D eigenvalue weighted by molar-refractivity contribution is 0.0695. The molecule has 0 aliphatic carbocycles. The minimum atomic E-state index is -1.01. The summed E-state index contributed by atoms with van der Waals surface area (Å²) in [5.41, 5.74) is 1.75. The van der Waals surface area contributed by atoms with Crippen molar-refractivity contribution in [2.24, 2.45) is 0 Å². The average molecular weight is 305 g/mol. The molecular weight excluding hydrogens is 290 g/mol. The second-order valence-electron chi connectivity index (χ2n) is 5.30. The number of anilines is 1. The van der Waals surface area contributed by atoms with Crippen molar-refractivity contribution < 1.29 is 14.7 Å². The van der Waals surface area contributed by atoms with Crippen LogP contribution in [0.25, 0.3) is 10.8 Å². The van der Waals surface area contributed by atoms with E-state index < -0.39 is 5.97 Å². The van der Waals surface area contributed by atoms with E-state index in [1.54, 1.807) is 25.1 Å². The molecule has 1 amide bonds. The first-order valence-corrected chi connectivity index (χ1v) is 7.19. The van der Waals surface area contributed by atoms with Gasteiger partial charge in [-0.1, -0.05) is 36.4 Å². The summed E-state index contributed by atoms with van der Waals surface area (Å²) in [5, 5.41) is 14.0. The first-order valence-electron chi connectivity index (χ1n) is 7.19. The van der Waals surface area contributed by atoms with E-state index in [0.29, 0.717) is 16.8 Å². The number of benzene rings is 3. The van der Waals surface area contributed by atoms with E-state index in [-0.39, 0.29) is 11.5 Å². The highest BCUT2D eigenvalue weighted by molar-refractivity contribution is 6.07. The predicted molar refractivity (Wildman–Crippen MR) is 90.0 cm³/mol. The molecule has 114 valence electrons. The highest BCUT2D eigenvalue weighted by atomic mass is 16.4. The molecule has 0 bridgehead atoms. The normalized spacial score (nSPS) is 10.5. The van der Waals surface area contributed by atoms with Crippen LogP contribution in [-0.2, 0) is 0 Å². The summed E-state index contributed by atoms with van der Waals surface area (Å²) in [6.07, 6.45) is 0. The molecule has 4 heteroatoms. The van der Waals surface area contributed by atoms with E-state index in [1.807, 2.05) is 36.4 Å². The van der Waals surface area contributed by atoms with Gasteiger partial charge in [0.05, 0.1) is 5.56 Å². The van der Waals surface area contributed by atoms with Crippen LogP contribution in [0.3, 0.4) is 0 Å². The SMILES string of the molecule is Cc1c(NC(=O)c2ccc3ccccc3c2)cccc1C(=O)O. The zero-order valence-corrected chi connectivity index (χ0v) is 12.5. The van der Waals surface area contributed by atoms with Crippen molar-refractivity contribution in [3.63, 3.8) is 0 Å². The van der Waals surface area contributed by atoms with Crippen molar-refractivity contribution in [2.45, 2.75) is 6.92 Å². The Kier molecular flexibility index (Phi) is 3.81. The minimum absolute atomic E-state index is 0.182. The fourth-order valence-electron chi connectivity index (χ4n) is 2.53. The third-order valence-electron chi connectivity index (χ3n) is 3.82. The lowest BCUT2D eigenvalue weighted by atomic mass is 10.0. The van der Waals surface area contributed by atoms with Gasteiger partial charge in [-0.3, -0.25) is 4.79 Å². The van der Waals surface area contributed by atoms with Crippen LogP contribution in [0.5, 0.6) is 0 Å². The van der Waals surface area contributed by atoms with Crippen LogP contribution >= 0.6 is 0 Å². The Hall–Kier alpha value is -3.14. The molecule has 0 aliphatic rings. The number of hydrogen-bond acceptors (Lipinski definition) is 2. The molecule has 0 aliphatic heterocycles. The van der Waals surface area contributed by atoms with Gasteiger partial charge in [0.1, 0.15) is 0 Å². The molecular formula is C19H15NO3. The van der Waals surface area contributed by atoms with Gasteiger partial charge in [0.25, 0.3) is 5.91 Å². The molecule has 0 unspecified atom stereocenters. The summed E-state index contributed by atoms with van der Waals surface area (Å²) in [6.45, 7) is 1.68. The standard InChI is InChI=1S/C19H15NO3/c1-12-16(19(22)23)7-4-8-17(12)20-18(21)15-10-9-13-5-2-3-6-14(13)11-15/h2-11H,1H3,(H,20,21)(H,22,23). The molecule has 3 aromatic rings. The van der Waals surface area contributed by atoms with E-state index in [9.17, 15) is 9.59 Å².